The minimum Gasteiger partial charge on any atom is -0.493 e. The van der Waals surface area contributed by atoms with Crippen LogP contribution in [-0.2, 0) is 4.79 Å². The molecule has 0 unspecified atom stereocenters. The Bertz CT molecular complexity index is 748. The van der Waals surface area contributed by atoms with Gasteiger partial charge in [0.2, 0.25) is 0 Å². The van der Waals surface area contributed by atoms with Crippen molar-refractivity contribution in [2.45, 2.75) is 6.92 Å². The van der Waals surface area contributed by atoms with E-state index in [2.05, 4.69) is 10.3 Å². The van der Waals surface area contributed by atoms with Gasteiger partial charge >= 0.3 is 0 Å². The van der Waals surface area contributed by atoms with E-state index >= 15 is 0 Å². The predicted molar refractivity (Wildman–Crippen MR) is 88.5 cm³/mol. The maximum atomic E-state index is 12.1. The highest BCUT2D eigenvalue weighted by atomic mass is 32.1. The van der Waals surface area contributed by atoms with Gasteiger partial charge in [0.15, 0.2) is 16.6 Å². The van der Waals surface area contributed by atoms with Crippen LogP contribution in [0.3, 0.4) is 0 Å². The van der Waals surface area contributed by atoms with E-state index in [0.29, 0.717) is 28.8 Å². The first-order valence-corrected chi connectivity index (χ1v) is 7.69. The third kappa shape index (κ3) is 4.31. The average molecular weight is 329 g/mol. The molecule has 0 atom stereocenters. The Morgan fingerprint density at radius 2 is 2.30 bits per heavy atom. The Morgan fingerprint density at radius 3 is 2.91 bits per heavy atom. The lowest BCUT2D eigenvalue weighted by Crippen LogP contribution is -2.13. The van der Waals surface area contributed by atoms with Gasteiger partial charge in [-0.25, -0.2) is 4.98 Å². The number of nitriles is 1. The van der Waals surface area contributed by atoms with Crippen molar-refractivity contribution >= 4 is 28.5 Å². The monoisotopic (exact) mass is 329 g/mol. The number of carbonyl (C=O) groups is 1. The highest BCUT2D eigenvalue weighted by molar-refractivity contribution is 7.13. The zero-order valence-electron chi connectivity index (χ0n) is 12.7. The van der Waals surface area contributed by atoms with Crippen LogP contribution in [0, 0.1) is 11.3 Å². The van der Waals surface area contributed by atoms with Gasteiger partial charge in [0.25, 0.3) is 5.91 Å². The van der Waals surface area contributed by atoms with Crippen LogP contribution in [0.15, 0.2) is 35.3 Å². The molecule has 23 heavy (non-hydrogen) atoms. The van der Waals surface area contributed by atoms with Crippen LogP contribution in [0.25, 0.3) is 6.08 Å². The second-order valence-corrected chi connectivity index (χ2v) is 5.20. The van der Waals surface area contributed by atoms with Gasteiger partial charge in [0, 0.05) is 11.6 Å². The Hall–Kier alpha value is -2.85. The van der Waals surface area contributed by atoms with Crippen molar-refractivity contribution in [3.63, 3.8) is 0 Å². The lowest BCUT2D eigenvalue weighted by atomic mass is 10.1. The molecule has 6 nitrogen and oxygen atoms in total. The molecule has 0 saturated carbocycles. The normalized spacial score (nSPS) is 10.7. The second-order valence-electron chi connectivity index (χ2n) is 4.30. The summed E-state index contributed by atoms with van der Waals surface area (Å²) in [4.78, 5) is 16.0. The molecule has 0 aliphatic heterocycles. The number of benzene rings is 1. The van der Waals surface area contributed by atoms with Crippen LogP contribution in [-0.4, -0.2) is 24.6 Å². The number of ether oxygens (including phenoxy) is 2. The molecule has 1 aromatic heterocycles. The number of hydrogen-bond acceptors (Lipinski definition) is 6. The number of anilines is 1. The molecular formula is C16H15N3O3S. The molecule has 0 aliphatic carbocycles. The summed E-state index contributed by atoms with van der Waals surface area (Å²) in [5.41, 5.74) is 0.646. The van der Waals surface area contributed by atoms with Gasteiger partial charge in [0.05, 0.1) is 13.7 Å². The van der Waals surface area contributed by atoms with Gasteiger partial charge in [-0.15, -0.1) is 11.3 Å². The fourth-order valence-corrected chi connectivity index (χ4v) is 2.34. The molecule has 1 aromatic carbocycles. The molecule has 0 saturated heterocycles. The largest absolute Gasteiger partial charge is 0.493 e. The van der Waals surface area contributed by atoms with E-state index in [4.69, 9.17) is 9.47 Å². The summed E-state index contributed by atoms with van der Waals surface area (Å²) in [6, 6.07) is 7.09. The van der Waals surface area contributed by atoms with Crippen molar-refractivity contribution in [1.82, 2.24) is 4.98 Å². The van der Waals surface area contributed by atoms with Crippen molar-refractivity contribution in [3.05, 3.63) is 40.9 Å². The molecular weight excluding hydrogens is 314 g/mol. The van der Waals surface area contributed by atoms with Gasteiger partial charge in [0.1, 0.15) is 11.6 Å². The Morgan fingerprint density at radius 1 is 1.48 bits per heavy atom. The number of carbonyl (C=O) groups excluding carboxylic acids is 1. The standard InChI is InChI=1S/C16H15N3O3S/c1-3-22-14-9-11(4-5-13(14)21-2)8-12(10-17)15(20)19-16-18-6-7-23-16/h4-9H,3H2,1-2H3,(H,18,19,20)/b12-8+. The molecule has 1 N–H and O–H groups in total. The van der Waals surface area contributed by atoms with Crippen molar-refractivity contribution in [2.75, 3.05) is 19.0 Å². The minimum absolute atomic E-state index is 0.0205. The third-order valence-corrected chi connectivity index (χ3v) is 3.50. The molecule has 0 bridgehead atoms. The summed E-state index contributed by atoms with van der Waals surface area (Å²) >= 11 is 1.28. The zero-order chi connectivity index (χ0) is 16.7. The van der Waals surface area contributed by atoms with E-state index in [1.165, 1.54) is 17.4 Å². The first-order chi connectivity index (χ1) is 11.2. The molecule has 0 radical (unpaired) electrons. The highest BCUT2D eigenvalue weighted by Gasteiger charge is 2.12. The summed E-state index contributed by atoms with van der Waals surface area (Å²) < 4.78 is 10.7. The molecule has 2 aromatic rings. The van der Waals surface area contributed by atoms with Gasteiger partial charge in [-0.3, -0.25) is 10.1 Å². The number of amides is 1. The maximum absolute atomic E-state index is 12.1. The van der Waals surface area contributed by atoms with E-state index in [1.807, 2.05) is 13.0 Å². The van der Waals surface area contributed by atoms with Crippen LogP contribution in [0.2, 0.25) is 0 Å². The maximum Gasteiger partial charge on any atom is 0.268 e. The lowest BCUT2D eigenvalue weighted by molar-refractivity contribution is -0.112. The van der Waals surface area contributed by atoms with E-state index in [9.17, 15) is 10.1 Å². The second kappa shape index (κ2) is 7.96. The van der Waals surface area contributed by atoms with Crippen molar-refractivity contribution in [3.8, 4) is 17.6 Å². The van der Waals surface area contributed by atoms with Gasteiger partial charge in [-0.1, -0.05) is 6.07 Å². The summed E-state index contributed by atoms with van der Waals surface area (Å²) in [6.45, 7) is 2.35. The number of methoxy groups -OCH3 is 1. The summed E-state index contributed by atoms with van der Waals surface area (Å²) in [6.07, 6.45) is 3.07. The Balaban J connectivity index is 2.25. The number of rotatable bonds is 6. The Kier molecular flexibility index (Phi) is 5.72. The Labute approximate surface area is 138 Å². The summed E-state index contributed by atoms with van der Waals surface area (Å²) in [5.74, 6) is 0.646. The number of nitrogens with zero attached hydrogens (tertiary/aromatic N) is 2. The summed E-state index contributed by atoms with van der Waals surface area (Å²) in [5, 5.41) is 14.0. The van der Waals surface area contributed by atoms with Crippen LogP contribution >= 0.6 is 11.3 Å². The van der Waals surface area contributed by atoms with Crippen molar-refractivity contribution in [2.24, 2.45) is 0 Å². The molecule has 1 heterocycles. The number of aromatic nitrogens is 1. The molecule has 0 spiro atoms. The van der Waals surface area contributed by atoms with Crippen molar-refractivity contribution < 1.29 is 14.3 Å². The van der Waals surface area contributed by atoms with E-state index in [-0.39, 0.29) is 5.57 Å². The quantitative estimate of drug-likeness (QED) is 0.650. The smallest absolute Gasteiger partial charge is 0.268 e. The topological polar surface area (TPSA) is 84.2 Å². The van der Waals surface area contributed by atoms with E-state index in [0.717, 1.165) is 0 Å². The van der Waals surface area contributed by atoms with Crippen LogP contribution in [0.5, 0.6) is 11.5 Å². The van der Waals surface area contributed by atoms with E-state index < -0.39 is 5.91 Å². The molecule has 0 fully saturated rings. The molecule has 0 aliphatic rings. The first-order valence-electron chi connectivity index (χ1n) is 6.81. The average Bonchev–Trinajstić information content (AvgIpc) is 3.06. The predicted octanol–water partition coefficient (Wildman–Crippen LogP) is 3.10. The number of nitrogens with one attached hydrogen (secondary N) is 1. The van der Waals surface area contributed by atoms with Crippen LogP contribution < -0.4 is 14.8 Å². The SMILES string of the molecule is CCOc1cc(/C=C(\C#N)C(=O)Nc2nccs2)ccc1OC. The first kappa shape index (κ1) is 16.5. The molecule has 7 heteroatoms. The van der Waals surface area contributed by atoms with Gasteiger partial charge in [-0.2, -0.15) is 5.26 Å². The van der Waals surface area contributed by atoms with E-state index in [1.54, 1.807) is 36.9 Å². The minimum atomic E-state index is -0.503. The van der Waals surface area contributed by atoms with Crippen LogP contribution in [0.1, 0.15) is 12.5 Å². The number of thiazole rings is 1. The molecule has 2 rings (SSSR count). The number of hydrogen-bond donors (Lipinski definition) is 1. The van der Waals surface area contributed by atoms with Crippen molar-refractivity contribution in [1.29, 1.82) is 5.26 Å². The third-order valence-electron chi connectivity index (χ3n) is 2.82. The van der Waals surface area contributed by atoms with Crippen LogP contribution in [0.4, 0.5) is 5.13 Å². The molecule has 118 valence electrons. The zero-order valence-corrected chi connectivity index (χ0v) is 13.5. The van der Waals surface area contributed by atoms with Gasteiger partial charge < -0.3 is 9.47 Å². The highest BCUT2D eigenvalue weighted by Crippen LogP contribution is 2.29. The fraction of sp³-hybridized carbons (Fsp3) is 0.188. The molecule has 1 amide bonds. The lowest BCUT2D eigenvalue weighted by Gasteiger charge is -2.09. The fourth-order valence-electron chi connectivity index (χ4n) is 1.82. The van der Waals surface area contributed by atoms with Gasteiger partial charge in [-0.05, 0) is 30.7 Å². The summed E-state index contributed by atoms with van der Waals surface area (Å²) in [7, 11) is 1.55.